The second kappa shape index (κ2) is 6.79. The van der Waals surface area contributed by atoms with Crippen LogP contribution in [0.5, 0.6) is 0 Å². The van der Waals surface area contributed by atoms with Crippen LogP contribution in [-0.4, -0.2) is 19.1 Å². The van der Waals surface area contributed by atoms with Gasteiger partial charge in [-0.15, -0.1) is 0 Å². The highest BCUT2D eigenvalue weighted by molar-refractivity contribution is 5.55. The van der Waals surface area contributed by atoms with Crippen molar-refractivity contribution in [2.45, 2.75) is 52.1 Å². The Labute approximate surface area is 111 Å². The maximum atomic E-state index is 3.52. The lowest BCUT2D eigenvalue weighted by Gasteiger charge is -2.28. The summed E-state index contributed by atoms with van der Waals surface area (Å²) in [6.07, 6.45) is 5.16. The summed E-state index contributed by atoms with van der Waals surface area (Å²) in [4.78, 5) is 2.61. The molecule has 0 bridgehead atoms. The summed E-state index contributed by atoms with van der Waals surface area (Å²) < 4.78 is 0. The van der Waals surface area contributed by atoms with Crippen LogP contribution < -0.4 is 10.2 Å². The molecule has 2 heteroatoms. The fourth-order valence-electron chi connectivity index (χ4n) is 2.92. The van der Waals surface area contributed by atoms with Crippen LogP contribution >= 0.6 is 0 Å². The summed E-state index contributed by atoms with van der Waals surface area (Å²) in [6, 6.07) is 9.63. The minimum absolute atomic E-state index is 0.748. The lowest BCUT2D eigenvalue weighted by atomic mass is 10.1. The van der Waals surface area contributed by atoms with E-state index >= 15 is 0 Å². The van der Waals surface area contributed by atoms with Gasteiger partial charge in [-0.25, -0.2) is 0 Å². The third-order valence-corrected chi connectivity index (χ3v) is 3.89. The summed E-state index contributed by atoms with van der Waals surface area (Å²) in [6.45, 7) is 7.85. The summed E-state index contributed by atoms with van der Waals surface area (Å²) in [5, 5.41) is 3.52. The number of hydrogen-bond acceptors (Lipinski definition) is 2. The Morgan fingerprint density at radius 2 is 2.11 bits per heavy atom. The molecule has 0 radical (unpaired) electrons. The fourth-order valence-corrected chi connectivity index (χ4v) is 2.92. The van der Waals surface area contributed by atoms with E-state index in [2.05, 4.69) is 48.3 Å². The van der Waals surface area contributed by atoms with Crippen molar-refractivity contribution >= 4 is 5.69 Å². The van der Waals surface area contributed by atoms with E-state index in [0.29, 0.717) is 0 Å². The van der Waals surface area contributed by atoms with Gasteiger partial charge >= 0.3 is 0 Å². The molecule has 1 N–H and O–H groups in total. The van der Waals surface area contributed by atoms with E-state index in [1.165, 1.54) is 43.5 Å². The molecule has 2 rings (SSSR count). The molecule has 1 fully saturated rings. The van der Waals surface area contributed by atoms with E-state index in [9.17, 15) is 0 Å². The zero-order chi connectivity index (χ0) is 12.8. The van der Waals surface area contributed by atoms with Gasteiger partial charge in [0.15, 0.2) is 0 Å². The summed E-state index contributed by atoms with van der Waals surface area (Å²) >= 11 is 0. The molecule has 1 atom stereocenters. The molecule has 2 nitrogen and oxygen atoms in total. The molecular formula is C16H26N2. The number of para-hydroxylation sites is 1. The molecule has 1 aromatic rings. The Hall–Kier alpha value is -1.02. The Morgan fingerprint density at radius 1 is 1.28 bits per heavy atom. The van der Waals surface area contributed by atoms with Crippen molar-refractivity contribution in [1.82, 2.24) is 5.32 Å². The van der Waals surface area contributed by atoms with E-state index in [0.717, 1.165) is 19.1 Å². The number of nitrogens with zero attached hydrogens (tertiary/aromatic N) is 1. The largest absolute Gasteiger partial charge is 0.368 e. The number of hydrogen-bond donors (Lipinski definition) is 1. The standard InChI is InChI=1S/C16H26N2/c1-3-11-17-13-14-8-5-6-10-16(14)18-12-7-9-15(18)4-2/h5-6,8,10,15,17H,3-4,7,9,11-13H2,1-2H3. The quantitative estimate of drug-likeness (QED) is 0.772. The van der Waals surface area contributed by atoms with E-state index in [1.54, 1.807) is 0 Å². The average molecular weight is 246 g/mol. The second-order valence-electron chi connectivity index (χ2n) is 5.20. The first-order valence-electron chi connectivity index (χ1n) is 7.42. The minimum Gasteiger partial charge on any atom is -0.368 e. The Morgan fingerprint density at radius 3 is 2.89 bits per heavy atom. The highest BCUT2D eigenvalue weighted by atomic mass is 15.2. The lowest BCUT2D eigenvalue weighted by Crippen LogP contribution is -2.30. The van der Waals surface area contributed by atoms with E-state index < -0.39 is 0 Å². The number of rotatable bonds is 6. The van der Waals surface area contributed by atoms with Gasteiger partial charge in [-0.2, -0.15) is 0 Å². The molecule has 0 aliphatic carbocycles. The Balaban J connectivity index is 2.11. The van der Waals surface area contributed by atoms with Crippen molar-refractivity contribution in [2.24, 2.45) is 0 Å². The number of benzene rings is 1. The molecule has 1 saturated heterocycles. The lowest BCUT2D eigenvalue weighted by molar-refractivity contribution is 0.636. The molecule has 1 heterocycles. The monoisotopic (exact) mass is 246 g/mol. The van der Waals surface area contributed by atoms with Crippen molar-refractivity contribution in [1.29, 1.82) is 0 Å². The predicted molar refractivity (Wildman–Crippen MR) is 79.1 cm³/mol. The highest BCUT2D eigenvalue weighted by Gasteiger charge is 2.24. The first kappa shape index (κ1) is 13.4. The topological polar surface area (TPSA) is 15.3 Å². The van der Waals surface area contributed by atoms with Crippen molar-refractivity contribution in [3.63, 3.8) is 0 Å². The molecule has 18 heavy (non-hydrogen) atoms. The molecule has 1 unspecified atom stereocenters. The number of nitrogens with one attached hydrogen (secondary N) is 1. The highest BCUT2D eigenvalue weighted by Crippen LogP contribution is 2.29. The normalized spacial score (nSPS) is 19.4. The van der Waals surface area contributed by atoms with Crippen molar-refractivity contribution in [3.05, 3.63) is 29.8 Å². The molecule has 0 amide bonds. The van der Waals surface area contributed by atoms with Crippen LogP contribution in [-0.2, 0) is 6.54 Å². The van der Waals surface area contributed by atoms with Gasteiger partial charge in [0.1, 0.15) is 0 Å². The minimum atomic E-state index is 0.748. The maximum Gasteiger partial charge on any atom is 0.0414 e. The molecule has 100 valence electrons. The van der Waals surface area contributed by atoms with Gasteiger partial charge in [0, 0.05) is 24.8 Å². The fraction of sp³-hybridized carbons (Fsp3) is 0.625. The third-order valence-electron chi connectivity index (χ3n) is 3.89. The molecule has 1 aliphatic rings. The van der Waals surface area contributed by atoms with Gasteiger partial charge in [0.2, 0.25) is 0 Å². The van der Waals surface area contributed by atoms with Gasteiger partial charge in [0.05, 0.1) is 0 Å². The smallest absolute Gasteiger partial charge is 0.0414 e. The zero-order valence-electron chi connectivity index (χ0n) is 11.8. The first-order valence-corrected chi connectivity index (χ1v) is 7.42. The van der Waals surface area contributed by atoms with Crippen LogP contribution in [0.2, 0.25) is 0 Å². The molecular weight excluding hydrogens is 220 g/mol. The molecule has 0 aromatic heterocycles. The van der Waals surface area contributed by atoms with Crippen LogP contribution in [0, 0.1) is 0 Å². The van der Waals surface area contributed by atoms with E-state index in [4.69, 9.17) is 0 Å². The van der Waals surface area contributed by atoms with Crippen molar-refractivity contribution in [2.75, 3.05) is 18.0 Å². The van der Waals surface area contributed by atoms with E-state index in [1.807, 2.05) is 0 Å². The van der Waals surface area contributed by atoms with Crippen LogP contribution in [0.25, 0.3) is 0 Å². The first-order chi connectivity index (χ1) is 8.86. The molecule has 1 aromatic carbocycles. The summed E-state index contributed by atoms with van der Waals surface area (Å²) in [7, 11) is 0. The molecule has 0 saturated carbocycles. The Bertz CT molecular complexity index is 362. The number of anilines is 1. The predicted octanol–water partition coefficient (Wildman–Crippen LogP) is 3.57. The van der Waals surface area contributed by atoms with Gasteiger partial charge in [-0.3, -0.25) is 0 Å². The average Bonchev–Trinajstić information content (AvgIpc) is 2.88. The van der Waals surface area contributed by atoms with Crippen LogP contribution in [0.15, 0.2) is 24.3 Å². The second-order valence-corrected chi connectivity index (χ2v) is 5.20. The van der Waals surface area contributed by atoms with Crippen molar-refractivity contribution < 1.29 is 0 Å². The van der Waals surface area contributed by atoms with Gasteiger partial charge in [-0.1, -0.05) is 32.0 Å². The van der Waals surface area contributed by atoms with Gasteiger partial charge < -0.3 is 10.2 Å². The third kappa shape index (κ3) is 3.05. The van der Waals surface area contributed by atoms with Crippen LogP contribution in [0.3, 0.4) is 0 Å². The molecule has 0 spiro atoms. The summed E-state index contributed by atoms with van der Waals surface area (Å²) in [5.74, 6) is 0. The summed E-state index contributed by atoms with van der Waals surface area (Å²) in [5.41, 5.74) is 2.90. The maximum absolute atomic E-state index is 3.52. The van der Waals surface area contributed by atoms with Gasteiger partial charge in [0.25, 0.3) is 0 Å². The van der Waals surface area contributed by atoms with E-state index in [-0.39, 0.29) is 0 Å². The molecule has 1 aliphatic heterocycles. The Kier molecular flexibility index (Phi) is 5.06. The zero-order valence-corrected chi connectivity index (χ0v) is 11.8. The SMILES string of the molecule is CCCNCc1ccccc1N1CCCC1CC. The van der Waals surface area contributed by atoms with Crippen LogP contribution in [0.4, 0.5) is 5.69 Å². The van der Waals surface area contributed by atoms with Gasteiger partial charge in [-0.05, 0) is 43.9 Å². The van der Waals surface area contributed by atoms with Crippen molar-refractivity contribution in [3.8, 4) is 0 Å². The van der Waals surface area contributed by atoms with Crippen LogP contribution in [0.1, 0.15) is 45.1 Å².